The molecule has 1 aromatic carbocycles. The maximum atomic E-state index is 12.2. The first-order chi connectivity index (χ1) is 13.3. The third-order valence-corrected chi connectivity index (χ3v) is 6.02. The molecule has 1 aliphatic heterocycles. The van der Waals surface area contributed by atoms with Gasteiger partial charge in [0.15, 0.2) is 5.13 Å². The topological polar surface area (TPSA) is 66.8 Å². The van der Waals surface area contributed by atoms with Crippen molar-refractivity contribution in [2.24, 2.45) is 5.10 Å². The number of hydrazone groups is 1. The lowest BCUT2D eigenvalue weighted by Crippen LogP contribution is -2.36. The molecule has 4 rings (SSSR count). The van der Waals surface area contributed by atoms with Gasteiger partial charge < -0.3 is 9.64 Å². The highest BCUT2D eigenvalue weighted by atomic mass is 32.1. The average molecular weight is 399 g/mol. The molecule has 0 aliphatic carbocycles. The molecule has 2 aromatic heterocycles. The standard InChI is InChI=1S/C19H18N4O2S2/c24-18(16-13-26-19(21-16)23-8-10-25-11-9-23)22-20-12-15-6-7-17(27-15)14-4-2-1-3-5-14/h1-7,12-13H,8-11H2,(H,22,24)/b20-12-. The molecule has 1 saturated heterocycles. The highest BCUT2D eigenvalue weighted by Gasteiger charge is 2.17. The summed E-state index contributed by atoms with van der Waals surface area (Å²) in [5, 5.41) is 6.67. The Labute approximate surface area is 165 Å². The number of ether oxygens (including phenoxy) is 1. The first-order valence-corrected chi connectivity index (χ1v) is 10.3. The molecule has 8 heteroatoms. The molecule has 0 bridgehead atoms. The third kappa shape index (κ3) is 4.41. The summed E-state index contributed by atoms with van der Waals surface area (Å²) in [6.07, 6.45) is 1.66. The lowest BCUT2D eigenvalue weighted by atomic mass is 10.2. The fourth-order valence-electron chi connectivity index (χ4n) is 2.66. The van der Waals surface area contributed by atoms with Gasteiger partial charge in [0.1, 0.15) is 5.69 Å². The highest BCUT2D eigenvalue weighted by molar-refractivity contribution is 7.17. The SMILES string of the molecule is O=C(N/N=C\c1ccc(-c2ccccc2)s1)c1csc(N2CCOCC2)n1. The van der Waals surface area contributed by atoms with Crippen LogP contribution in [0.3, 0.4) is 0 Å². The van der Waals surface area contributed by atoms with Crippen molar-refractivity contribution in [3.8, 4) is 10.4 Å². The minimum absolute atomic E-state index is 0.304. The Morgan fingerprint density at radius 1 is 1.19 bits per heavy atom. The van der Waals surface area contributed by atoms with Crippen LogP contribution in [0, 0.1) is 0 Å². The Kier molecular flexibility index (Phi) is 5.57. The zero-order valence-electron chi connectivity index (χ0n) is 14.5. The first kappa shape index (κ1) is 17.8. The van der Waals surface area contributed by atoms with Crippen LogP contribution in [0.5, 0.6) is 0 Å². The molecule has 0 radical (unpaired) electrons. The zero-order chi connectivity index (χ0) is 18.5. The summed E-state index contributed by atoms with van der Waals surface area (Å²) in [5.41, 5.74) is 4.11. The number of hydrogen-bond donors (Lipinski definition) is 1. The Morgan fingerprint density at radius 2 is 2.00 bits per heavy atom. The number of aromatic nitrogens is 1. The van der Waals surface area contributed by atoms with Crippen molar-refractivity contribution in [3.63, 3.8) is 0 Å². The van der Waals surface area contributed by atoms with E-state index in [0.29, 0.717) is 18.9 Å². The molecule has 1 aliphatic rings. The molecule has 6 nitrogen and oxygen atoms in total. The minimum atomic E-state index is -0.304. The van der Waals surface area contributed by atoms with Gasteiger partial charge in [-0.3, -0.25) is 4.79 Å². The Hall–Kier alpha value is -2.55. The van der Waals surface area contributed by atoms with E-state index in [1.54, 1.807) is 22.9 Å². The molecule has 3 heterocycles. The Morgan fingerprint density at radius 3 is 2.81 bits per heavy atom. The van der Waals surface area contributed by atoms with Crippen molar-refractivity contribution < 1.29 is 9.53 Å². The lowest BCUT2D eigenvalue weighted by Gasteiger charge is -2.25. The number of amides is 1. The number of benzene rings is 1. The van der Waals surface area contributed by atoms with E-state index in [9.17, 15) is 4.79 Å². The fourth-order valence-corrected chi connectivity index (χ4v) is 4.40. The maximum Gasteiger partial charge on any atom is 0.290 e. The van der Waals surface area contributed by atoms with Crippen LogP contribution in [-0.2, 0) is 4.74 Å². The maximum absolute atomic E-state index is 12.2. The number of nitrogens with one attached hydrogen (secondary N) is 1. The fraction of sp³-hybridized carbons (Fsp3) is 0.211. The van der Waals surface area contributed by atoms with Crippen molar-refractivity contribution in [3.05, 3.63) is 58.4 Å². The molecule has 27 heavy (non-hydrogen) atoms. The molecule has 138 valence electrons. The summed E-state index contributed by atoms with van der Waals surface area (Å²) >= 11 is 3.09. The summed E-state index contributed by atoms with van der Waals surface area (Å²) in [6.45, 7) is 2.98. The van der Waals surface area contributed by atoms with Crippen LogP contribution in [0.2, 0.25) is 0 Å². The van der Waals surface area contributed by atoms with Gasteiger partial charge in [0.2, 0.25) is 0 Å². The number of nitrogens with zero attached hydrogens (tertiary/aromatic N) is 3. The van der Waals surface area contributed by atoms with Crippen LogP contribution in [0.15, 0.2) is 52.9 Å². The van der Waals surface area contributed by atoms with Gasteiger partial charge in [0, 0.05) is 28.2 Å². The van der Waals surface area contributed by atoms with E-state index in [0.717, 1.165) is 28.0 Å². The quantitative estimate of drug-likeness (QED) is 0.528. The van der Waals surface area contributed by atoms with Crippen LogP contribution in [0.1, 0.15) is 15.4 Å². The summed E-state index contributed by atoms with van der Waals surface area (Å²) in [4.78, 5) is 20.9. The van der Waals surface area contributed by atoms with Crippen molar-refractivity contribution in [2.75, 3.05) is 31.2 Å². The second-order valence-corrected chi connectivity index (χ2v) is 7.83. The molecule has 0 atom stereocenters. The predicted molar refractivity (Wildman–Crippen MR) is 110 cm³/mol. The van der Waals surface area contributed by atoms with Crippen molar-refractivity contribution in [2.45, 2.75) is 0 Å². The Bertz CT molecular complexity index is 930. The smallest absolute Gasteiger partial charge is 0.290 e. The first-order valence-electron chi connectivity index (χ1n) is 8.56. The molecule has 0 unspecified atom stereocenters. The molecule has 0 saturated carbocycles. The van der Waals surface area contributed by atoms with Gasteiger partial charge in [-0.05, 0) is 17.7 Å². The number of morpholine rings is 1. The molecule has 0 spiro atoms. The second-order valence-electron chi connectivity index (χ2n) is 5.88. The normalized spacial score (nSPS) is 14.6. The Balaban J connectivity index is 1.35. The van der Waals surface area contributed by atoms with Crippen molar-refractivity contribution in [1.29, 1.82) is 0 Å². The number of thiazole rings is 1. The molecule has 1 fully saturated rings. The van der Waals surface area contributed by atoms with Gasteiger partial charge in [0.25, 0.3) is 5.91 Å². The minimum Gasteiger partial charge on any atom is -0.378 e. The van der Waals surface area contributed by atoms with E-state index < -0.39 is 0 Å². The van der Waals surface area contributed by atoms with Gasteiger partial charge in [-0.1, -0.05) is 30.3 Å². The molecular formula is C19H18N4O2S2. The van der Waals surface area contributed by atoms with E-state index in [2.05, 4.69) is 38.6 Å². The van der Waals surface area contributed by atoms with E-state index in [1.165, 1.54) is 16.9 Å². The van der Waals surface area contributed by atoms with Crippen molar-refractivity contribution in [1.82, 2.24) is 10.4 Å². The van der Waals surface area contributed by atoms with Gasteiger partial charge >= 0.3 is 0 Å². The van der Waals surface area contributed by atoms with Crippen LogP contribution in [0.4, 0.5) is 5.13 Å². The number of hydrogen-bond acceptors (Lipinski definition) is 7. The van der Waals surface area contributed by atoms with Gasteiger partial charge in [-0.15, -0.1) is 22.7 Å². The number of carbonyl (C=O) groups is 1. The number of carbonyl (C=O) groups excluding carboxylic acids is 1. The van der Waals surface area contributed by atoms with Gasteiger partial charge in [0.05, 0.1) is 19.4 Å². The van der Waals surface area contributed by atoms with Crippen molar-refractivity contribution >= 4 is 39.9 Å². The largest absolute Gasteiger partial charge is 0.378 e. The number of thiophene rings is 1. The zero-order valence-corrected chi connectivity index (χ0v) is 16.1. The summed E-state index contributed by atoms with van der Waals surface area (Å²) in [5.74, 6) is -0.304. The van der Waals surface area contributed by atoms with Crippen LogP contribution in [-0.4, -0.2) is 43.4 Å². The van der Waals surface area contributed by atoms with Crippen LogP contribution < -0.4 is 10.3 Å². The molecule has 3 aromatic rings. The molecule has 1 amide bonds. The molecular weight excluding hydrogens is 380 g/mol. The number of rotatable bonds is 5. The van der Waals surface area contributed by atoms with E-state index in [-0.39, 0.29) is 5.91 Å². The van der Waals surface area contributed by atoms with E-state index in [1.807, 2.05) is 24.3 Å². The second kappa shape index (κ2) is 8.43. The highest BCUT2D eigenvalue weighted by Crippen LogP contribution is 2.27. The number of anilines is 1. The summed E-state index contributed by atoms with van der Waals surface area (Å²) in [7, 11) is 0. The summed E-state index contributed by atoms with van der Waals surface area (Å²) < 4.78 is 5.34. The van der Waals surface area contributed by atoms with Gasteiger partial charge in [-0.2, -0.15) is 5.10 Å². The third-order valence-electron chi connectivity index (χ3n) is 4.05. The summed E-state index contributed by atoms with van der Waals surface area (Å²) in [6, 6.07) is 14.2. The molecule has 1 N–H and O–H groups in total. The van der Waals surface area contributed by atoms with Crippen LogP contribution in [0.25, 0.3) is 10.4 Å². The van der Waals surface area contributed by atoms with Crippen LogP contribution >= 0.6 is 22.7 Å². The predicted octanol–water partition coefficient (Wildman–Crippen LogP) is 3.47. The monoisotopic (exact) mass is 398 g/mol. The lowest BCUT2D eigenvalue weighted by molar-refractivity contribution is 0.0951. The van der Waals surface area contributed by atoms with E-state index >= 15 is 0 Å². The van der Waals surface area contributed by atoms with E-state index in [4.69, 9.17) is 4.74 Å². The van der Waals surface area contributed by atoms with Gasteiger partial charge in [-0.25, -0.2) is 10.4 Å². The average Bonchev–Trinajstić information content (AvgIpc) is 3.39.